The number of rotatable bonds is 6. The third-order valence-electron chi connectivity index (χ3n) is 4.03. The summed E-state index contributed by atoms with van der Waals surface area (Å²) in [6.07, 6.45) is 3.26. The van der Waals surface area contributed by atoms with E-state index in [0.29, 0.717) is 24.6 Å². The topological polar surface area (TPSA) is 84.1 Å². The zero-order chi connectivity index (χ0) is 17.6. The van der Waals surface area contributed by atoms with Crippen molar-refractivity contribution in [3.05, 3.63) is 54.0 Å². The Balaban J connectivity index is 1.55. The maximum atomic E-state index is 12.2. The molecular formula is C18H19N3O4. The van der Waals surface area contributed by atoms with E-state index in [1.54, 1.807) is 30.4 Å². The molecule has 1 unspecified atom stereocenters. The van der Waals surface area contributed by atoms with Gasteiger partial charge in [-0.25, -0.2) is 5.43 Å². The summed E-state index contributed by atoms with van der Waals surface area (Å²) >= 11 is 0. The smallest absolute Gasteiger partial charge is 0.245 e. The molecule has 1 aliphatic rings. The van der Waals surface area contributed by atoms with Crippen molar-refractivity contribution in [3.63, 3.8) is 0 Å². The van der Waals surface area contributed by atoms with Crippen LogP contribution >= 0.6 is 0 Å². The molecule has 1 atom stereocenters. The van der Waals surface area contributed by atoms with Crippen molar-refractivity contribution in [1.82, 2.24) is 10.3 Å². The first-order valence-electron chi connectivity index (χ1n) is 7.93. The maximum absolute atomic E-state index is 12.2. The first-order valence-corrected chi connectivity index (χ1v) is 7.93. The van der Waals surface area contributed by atoms with E-state index >= 15 is 0 Å². The van der Waals surface area contributed by atoms with Crippen LogP contribution in [0.5, 0.6) is 5.75 Å². The van der Waals surface area contributed by atoms with Gasteiger partial charge in [-0.05, 0) is 24.3 Å². The normalized spacial score (nSPS) is 17.2. The molecule has 0 aliphatic carbocycles. The van der Waals surface area contributed by atoms with Gasteiger partial charge in [0.1, 0.15) is 11.5 Å². The molecule has 7 nitrogen and oxygen atoms in total. The summed E-state index contributed by atoms with van der Waals surface area (Å²) in [7, 11) is 1.57. The highest BCUT2D eigenvalue weighted by Crippen LogP contribution is 2.20. The summed E-state index contributed by atoms with van der Waals surface area (Å²) in [5.74, 6) is 0.605. The van der Waals surface area contributed by atoms with E-state index in [9.17, 15) is 9.59 Å². The second kappa shape index (κ2) is 7.65. The summed E-state index contributed by atoms with van der Waals surface area (Å²) in [4.78, 5) is 25.9. The van der Waals surface area contributed by atoms with Crippen molar-refractivity contribution in [2.24, 2.45) is 11.0 Å². The fourth-order valence-corrected chi connectivity index (χ4v) is 2.72. The van der Waals surface area contributed by atoms with Crippen LogP contribution in [0.4, 0.5) is 0 Å². The van der Waals surface area contributed by atoms with Gasteiger partial charge in [-0.3, -0.25) is 9.59 Å². The van der Waals surface area contributed by atoms with Crippen LogP contribution in [0, 0.1) is 5.92 Å². The Kier molecular flexibility index (Phi) is 5.13. The van der Waals surface area contributed by atoms with E-state index in [2.05, 4.69) is 10.5 Å². The molecule has 2 heterocycles. The van der Waals surface area contributed by atoms with Gasteiger partial charge in [0, 0.05) is 18.5 Å². The van der Waals surface area contributed by atoms with E-state index in [1.165, 1.54) is 6.21 Å². The summed E-state index contributed by atoms with van der Waals surface area (Å²) in [6, 6.07) is 10.9. The van der Waals surface area contributed by atoms with E-state index in [0.717, 1.165) is 5.56 Å². The Bertz CT molecular complexity index is 770. The molecule has 0 saturated carbocycles. The number of benzene rings is 1. The van der Waals surface area contributed by atoms with Crippen molar-refractivity contribution >= 4 is 18.0 Å². The van der Waals surface area contributed by atoms with Gasteiger partial charge in [0.15, 0.2) is 0 Å². The summed E-state index contributed by atoms with van der Waals surface area (Å²) in [5.41, 5.74) is 3.25. The Morgan fingerprint density at radius 3 is 3.00 bits per heavy atom. The monoisotopic (exact) mass is 341 g/mol. The van der Waals surface area contributed by atoms with Gasteiger partial charge < -0.3 is 14.1 Å². The molecule has 130 valence electrons. The van der Waals surface area contributed by atoms with Crippen molar-refractivity contribution in [2.45, 2.75) is 13.0 Å². The summed E-state index contributed by atoms with van der Waals surface area (Å²) in [6.45, 7) is 0.732. The first kappa shape index (κ1) is 16.8. The van der Waals surface area contributed by atoms with Crippen LogP contribution in [0.2, 0.25) is 0 Å². The molecule has 1 N–H and O–H groups in total. The molecule has 0 radical (unpaired) electrons. The van der Waals surface area contributed by atoms with Crippen LogP contribution in [0.25, 0.3) is 0 Å². The zero-order valence-electron chi connectivity index (χ0n) is 13.8. The third-order valence-corrected chi connectivity index (χ3v) is 4.03. The van der Waals surface area contributed by atoms with Crippen LogP contribution in [0.15, 0.2) is 52.2 Å². The number of hydrazone groups is 1. The Morgan fingerprint density at radius 2 is 2.24 bits per heavy atom. The Morgan fingerprint density at radius 1 is 1.40 bits per heavy atom. The minimum Gasteiger partial charge on any atom is -0.496 e. The maximum Gasteiger partial charge on any atom is 0.245 e. The third kappa shape index (κ3) is 4.06. The number of amides is 2. The SMILES string of the molecule is COc1ccccc1/C=N/NC(=O)C1CC(=O)N(Cc2ccco2)C1. The van der Waals surface area contributed by atoms with Gasteiger partial charge in [-0.15, -0.1) is 0 Å². The number of carbonyl (C=O) groups excluding carboxylic acids is 2. The van der Waals surface area contributed by atoms with Gasteiger partial charge in [-0.1, -0.05) is 12.1 Å². The van der Waals surface area contributed by atoms with Gasteiger partial charge in [0.25, 0.3) is 0 Å². The zero-order valence-corrected chi connectivity index (χ0v) is 13.8. The number of hydrogen-bond donors (Lipinski definition) is 1. The molecule has 25 heavy (non-hydrogen) atoms. The molecule has 1 saturated heterocycles. The van der Waals surface area contributed by atoms with E-state index in [1.807, 2.05) is 24.3 Å². The van der Waals surface area contributed by atoms with Crippen molar-refractivity contribution in [1.29, 1.82) is 0 Å². The highest BCUT2D eigenvalue weighted by atomic mass is 16.5. The second-order valence-corrected chi connectivity index (χ2v) is 5.73. The summed E-state index contributed by atoms with van der Waals surface area (Å²) in [5, 5.41) is 3.97. The molecule has 3 rings (SSSR count). The largest absolute Gasteiger partial charge is 0.496 e. The standard InChI is InChI=1S/C18H19N3O4/c1-24-16-7-3-2-5-13(16)10-19-20-18(23)14-9-17(22)21(11-14)12-15-6-4-8-25-15/h2-8,10,14H,9,11-12H2,1H3,(H,20,23)/b19-10+. The lowest BCUT2D eigenvalue weighted by atomic mass is 10.1. The average Bonchev–Trinajstić information content (AvgIpc) is 3.26. The molecule has 1 aromatic heterocycles. The van der Waals surface area contributed by atoms with Gasteiger partial charge in [0.05, 0.1) is 32.1 Å². The number of hydrogen-bond acceptors (Lipinski definition) is 5. The second-order valence-electron chi connectivity index (χ2n) is 5.73. The molecule has 2 aromatic rings. The van der Waals surface area contributed by atoms with Crippen LogP contribution in [-0.4, -0.2) is 36.6 Å². The Hall–Kier alpha value is -3.09. The fourth-order valence-electron chi connectivity index (χ4n) is 2.72. The minimum atomic E-state index is -0.419. The number of ether oxygens (including phenoxy) is 1. The molecule has 0 bridgehead atoms. The number of carbonyl (C=O) groups is 2. The Labute approximate surface area is 145 Å². The molecule has 2 amide bonds. The molecule has 1 aromatic carbocycles. The first-order chi connectivity index (χ1) is 12.2. The number of furan rings is 1. The number of methoxy groups -OCH3 is 1. The molecule has 0 spiro atoms. The van der Waals surface area contributed by atoms with E-state index in [-0.39, 0.29) is 18.2 Å². The molecule has 1 aliphatic heterocycles. The van der Waals surface area contributed by atoms with Crippen LogP contribution in [0.1, 0.15) is 17.7 Å². The van der Waals surface area contributed by atoms with Crippen molar-refractivity contribution < 1.29 is 18.7 Å². The van der Waals surface area contributed by atoms with Crippen molar-refractivity contribution in [3.8, 4) is 5.75 Å². The number of nitrogens with zero attached hydrogens (tertiary/aromatic N) is 2. The highest BCUT2D eigenvalue weighted by molar-refractivity contribution is 5.90. The van der Waals surface area contributed by atoms with E-state index in [4.69, 9.17) is 9.15 Å². The molecule has 7 heteroatoms. The van der Waals surface area contributed by atoms with Gasteiger partial charge in [0.2, 0.25) is 11.8 Å². The average molecular weight is 341 g/mol. The number of para-hydroxylation sites is 1. The van der Waals surface area contributed by atoms with Crippen LogP contribution in [-0.2, 0) is 16.1 Å². The van der Waals surface area contributed by atoms with Crippen molar-refractivity contribution in [2.75, 3.05) is 13.7 Å². The number of nitrogens with one attached hydrogen (secondary N) is 1. The lowest BCUT2D eigenvalue weighted by Gasteiger charge is -2.14. The number of likely N-dealkylation sites (tertiary alicyclic amines) is 1. The summed E-state index contributed by atoms with van der Waals surface area (Å²) < 4.78 is 10.5. The molecular weight excluding hydrogens is 322 g/mol. The molecule has 1 fully saturated rings. The lowest BCUT2D eigenvalue weighted by molar-refractivity contribution is -0.129. The van der Waals surface area contributed by atoms with Crippen LogP contribution < -0.4 is 10.2 Å². The fraction of sp³-hybridized carbons (Fsp3) is 0.278. The predicted molar refractivity (Wildman–Crippen MR) is 91.0 cm³/mol. The minimum absolute atomic E-state index is 0.0646. The van der Waals surface area contributed by atoms with Crippen LogP contribution in [0.3, 0.4) is 0 Å². The predicted octanol–water partition coefficient (Wildman–Crippen LogP) is 1.79. The lowest BCUT2D eigenvalue weighted by Crippen LogP contribution is -2.30. The van der Waals surface area contributed by atoms with Gasteiger partial charge >= 0.3 is 0 Å². The van der Waals surface area contributed by atoms with Gasteiger partial charge in [-0.2, -0.15) is 5.10 Å². The quantitative estimate of drug-likeness (QED) is 0.641. The van der Waals surface area contributed by atoms with E-state index < -0.39 is 5.92 Å². The highest BCUT2D eigenvalue weighted by Gasteiger charge is 2.34.